The molecule has 40 heavy (non-hydrogen) atoms. The minimum Gasteiger partial charge on any atom is -0.491 e. The average Bonchev–Trinajstić information content (AvgIpc) is 3.48. The van der Waals surface area contributed by atoms with Crippen molar-refractivity contribution in [2.45, 2.75) is 52.7 Å². The Morgan fingerprint density at radius 1 is 1.23 bits per heavy atom. The predicted molar refractivity (Wildman–Crippen MR) is 149 cm³/mol. The summed E-state index contributed by atoms with van der Waals surface area (Å²) >= 11 is 0. The van der Waals surface area contributed by atoms with Gasteiger partial charge in [0.25, 0.3) is 5.91 Å². The number of fused-ring (bicyclic) bond motifs is 1. The van der Waals surface area contributed by atoms with E-state index in [9.17, 15) is 14.4 Å². The van der Waals surface area contributed by atoms with Gasteiger partial charge in [0.2, 0.25) is 17.8 Å². The minimum absolute atomic E-state index is 0.0821. The number of benzene rings is 1. The Morgan fingerprint density at radius 2 is 2.02 bits per heavy atom. The SMILES string of the molecule is CCCn1c(NC(=O)c2cc(C)nn2CC)nc2cc(C(N)=O)cc(OCCCNC(=O)C3COCCN3C)c21. The second kappa shape index (κ2) is 12.9. The standard InChI is InChI=1S/C27H38N8O5/c1-5-9-34-23-19(30-27(34)31-26(38)20-13-17(3)32-35(20)6-2)14-18(24(28)36)15-22(23)40-11-7-8-29-25(37)21-16-39-12-10-33(21)4/h13-15,21H,5-12,16H2,1-4H3,(H2,28,36)(H,29,37)(H,30,31,38). The number of likely N-dealkylation sites (N-methyl/N-ethyl adjacent to an activating group) is 1. The average molecular weight is 555 g/mol. The number of nitrogens with two attached hydrogens (primary N) is 1. The number of rotatable bonds is 12. The molecule has 2 aromatic heterocycles. The van der Waals surface area contributed by atoms with Gasteiger partial charge in [-0.1, -0.05) is 6.92 Å². The van der Waals surface area contributed by atoms with Crippen LogP contribution in [0.5, 0.6) is 5.75 Å². The molecule has 1 fully saturated rings. The summed E-state index contributed by atoms with van der Waals surface area (Å²) in [5, 5.41) is 10.2. The zero-order valence-corrected chi connectivity index (χ0v) is 23.5. The number of amides is 3. The van der Waals surface area contributed by atoms with Crippen LogP contribution in [0.2, 0.25) is 0 Å². The molecule has 1 atom stereocenters. The maximum absolute atomic E-state index is 13.2. The van der Waals surface area contributed by atoms with E-state index in [0.717, 1.165) is 12.1 Å². The molecule has 3 heterocycles. The first kappa shape index (κ1) is 29.0. The van der Waals surface area contributed by atoms with Gasteiger partial charge in [-0.3, -0.25) is 29.3 Å². The number of anilines is 1. The van der Waals surface area contributed by atoms with Gasteiger partial charge >= 0.3 is 0 Å². The van der Waals surface area contributed by atoms with Gasteiger partial charge in [0.15, 0.2) is 0 Å². The zero-order chi connectivity index (χ0) is 28.8. The van der Waals surface area contributed by atoms with Crippen LogP contribution in [0.1, 0.15) is 53.2 Å². The number of aromatic nitrogens is 4. The molecule has 0 spiro atoms. The van der Waals surface area contributed by atoms with Crippen molar-refractivity contribution in [3.05, 3.63) is 35.2 Å². The molecule has 13 nitrogen and oxygen atoms in total. The highest BCUT2D eigenvalue weighted by atomic mass is 16.5. The van der Waals surface area contributed by atoms with Gasteiger partial charge in [-0.15, -0.1) is 0 Å². The number of carbonyl (C=O) groups is 3. The van der Waals surface area contributed by atoms with Crippen LogP contribution < -0.4 is 21.1 Å². The largest absolute Gasteiger partial charge is 0.491 e. The lowest BCUT2D eigenvalue weighted by molar-refractivity contribution is -0.131. The molecule has 0 saturated carbocycles. The number of aryl methyl sites for hydroxylation is 3. The number of hydrogen-bond donors (Lipinski definition) is 3. The summed E-state index contributed by atoms with van der Waals surface area (Å²) in [4.78, 5) is 44.3. The molecule has 0 radical (unpaired) electrons. The minimum atomic E-state index is -0.615. The van der Waals surface area contributed by atoms with E-state index >= 15 is 0 Å². The maximum atomic E-state index is 13.2. The summed E-state index contributed by atoms with van der Waals surface area (Å²) < 4.78 is 15.0. The van der Waals surface area contributed by atoms with Crippen molar-refractivity contribution in [1.29, 1.82) is 0 Å². The molecular formula is C27H38N8O5. The van der Waals surface area contributed by atoms with E-state index in [1.807, 2.05) is 37.3 Å². The van der Waals surface area contributed by atoms with Crippen LogP contribution in [0.3, 0.4) is 0 Å². The molecule has 1 aliphatic rings. The summed E-state index contributed by atoms with van der Waals surface area (Å²) in [6, 6.07) is 4.60. The first-order chi connectivity index (χ1) is 19.2. The summed E-state index contributed by atoms with van der Waals surface area (Å²) in [5.41, 5.74) is 8.13. The Bertz CT molecular complexity index is 1380. The van der Waals surface area contributed by atoms with Crippen molar-refractivity contribution in [2.75, 3.05) is 45.3 Å². The quantitative estimate of drug-likeness (QED) is 0.284. The van der Waals surface area contributed by atoms with Crippen LogP contribution in [0.4, 0.5) is 5.95 Å². The normalized spacial score (nSPS) is 15.8. The monoisotopic (exact) mass is 554 g/mol. The van der Waals surface area contributed by atoms with Crippen molar-refractivity contribution >= 4 is 34.7 Å². The second-order valence-electron chi connectivity index (χ2n) is 9.80. The van der Waals surface area contributed by atoms with Crippen LogP contribution in [0.15, 0.2) is 18.2 Å². The van der Waals surface area contributed by atoms with Crippen molar-refractivity contribution in [3.8, 4) is 5.75 Å². The van der Waals surface area contributed by atoms with E-state index in [2.05, 4.69) is 20.7 Å². The van der Waals surface area contributed by atoms with Crippen LogP contribution in [0.25, 0.3) is 11.0 Å². The van der Waals surface area contributed by atoms with Gasteiger partial charge in [0, 0.05) is 31.7 Å². The third-order valence-electron chi connectivity index (χ3n) is 6.77. The van der Waals surface area contributed by atoms with E-state index in [-0.39, 0.29) is 30.0 Å². The first-order valence-corrected chi connectivity index (χ1v) is 13.6. The van der Waals surface area contributed by atoms with Gasteiger partial charge in [0.05, 0.1) is 31.0 Å². The highest BCUT2D eigenvalue weighted by Gasteiger charge is 2.26. The number of nitrogens with one attached hydrogen (secondary N) is 2. The molecule has 0 aliphatic carbocycles. The summed E-state index contributed by atoms with van der Waals surface area (Å²) in [5.74, 6) is -0.274. The number of nitrogens with zero attached hydrogens (tertiary/aromatic N) is 5. The lowest BCUT2D eigenvalue weighted by Gasteiger charge is -2.31. The molecule has 0 bridgehead atoms. The fraction of sp³-hybridized carbons (Fsp3) is 0.519. The smallest absolute Gasteiger partial charge is 0.276 e. The van der Waals surface area contributed by atoms with Crippen molar-refractivity contribution in [1.82, 2.24) is 29.5 Å². The highest BCUT2D eigenvalue weighted by Crippen LogP contribution is 2.31. The Labute approximate surface area is 233 Å². The summed E-state index contributed by atoms with van der Waals surface area (Å²) in [6.45, 7) is 9.27. The van der Waals surface area contributed by atoms with Crippen molar-refractivity contribution in [3.63, 3.8) is 0 Å². The van der Waals surface area contributed by atoms with Crippen LogP contribution in [0, 0.1) is 6.92 Å². The van der Waals surface area contributed by atoms with Crippen LogP contribution in [-0.4, -0.2) is 88.0 Å². The number of carbonyl (C=O) groups excluding carboxylic acids is 3. The fourth-order valence-corrected chi connectivity index (χ4v) is 4.70. The van der Waals surface area contributed by atoms with Gasteiger partial charge in [-0.2, -0.15) is 5.10 Å². The maximum Gasteiger partial charge on any atom is 0.276 e. The Hall–Kier alpha value is -3.97. The lowest BCUT2D eigenvalue weighted by Crippen LogP contribution is -2.52. The van der Waals surface area contributed by atoms with E-state index in [1.165, 1.54) is 0 Å². The van der Waals surface area contributed by atoms with E-state index < -0.39 is 5.91 Å². The molecule has 3 aromatic rings. The van der Waals surface area contributed by atoms with Gasteiger partial charge in [-0.25, -0.2) is 4.98 Å². The predicted octanol–water partition coefficient (Wildman–Crippen LogP) is 1.54. The third kappa shape index (κ3) is 6.42. The molecule has 1 saturated heterocycles. The molecule has 1 aliphatic heterocycles. The topological polar surface area (TPSA) is 159 Å². The molecule has 13 heteroatoms. The third-order valence-corrected chi connectivity index (χ3v) is 6.77. The molecule has 4 rings (SSSR count). The molecule has 4 N–H and O–H groups in total. The Balaban J connectivity index is 1.52. The Kier molecular flexibility index (Phi) is 9.38. The van der Waals surface area contributed by atoms with Gasteiger partial charge < -0.3 is 25.1 Å². The number of primary amides is 1. The van der Waals surface area contributed by atoms with Crippen molar-refractivity contribution in [2.24, 2.45) is 5.73 Å². The summed E-state index contributed by atoms with van der Waals surface area (Å²) in [6.07, 6.45) is 1.31. The number of hydrogen-bond acceptors (Lipinski definition) is 8. The van der Waals surface area contributed by atoms with Gasteiger partial charge in [0.1, 0.15) is 23.0 Å². The number of ether oxygens (including phenoxy) is 2. The molecule has 3 amide bonds. The van der Waals surface area contributed by atoms with E-state index in [1.54, 1.807) is 22.9 Å². The zero-order valence-electron chi connectivity index (χ0n) is 23.5. The van der Waals surface area contributed by atoms with E-state index in [0.29, 0.717) is 74.2 Å². The van der Waals surface area contributed by atoms with Crippen molar-refractivity contribution < 1.29 is 23.9 Å². The Morgan fingerprint density at radius 3 is 2.73 bits per heavy atom. The second-order valence-corrected chi connectivity index (χ2v) is 9.80. The number of imidazole rings is 1. The van der Waals surface area contributed by atoms with Crippen LogP contribution >= 0.6 is 0 Å². The first-order valence-electron chi connectivity index (χ1n) is 13.6. The van der Waals surface area contributed by atoms with E-state index in [4.69, 9.17) is 15.2 Å². The molecule has 216 valence electrons. The summed E-state index contributed by atoms with van der Waals surface area (Å²) in [7, 11) is 1.91. The molecule has 1 aromatic carbocycles. The fourth-order valence-electron chi connectivity index (χ4n) is 4.70. The molecular weight excluding hydrogens is 516 g/mol. The van der Waals surface area contributed by atoms with Gasteiger partial charge in [-0.05, 0) is 51.9 Å². The highest BCUT2D eigenvalue weighted by molar-refractivity contribution is 6.04. The lowest BCUT2D eigenvalue weighted by atomic mass is 10.1. The number of morpholine rings is 1. The molecule has 1 unspecified atom stereocenters. The van der Waals surface area contributed by atoms with Crippen LogP contribution in [-0.2, 0) is 22.6 Å².